The van der Waals surface area contributed by atoms with Crippen LogP contribution in [-0.4, -0.2) is 33.6 Å². The van der Waals surface area contributed by atoms with Crippen LogP contribution in [0.2, 0.25) is 0 Å². The lowest BCUT2D eigenvalue weighted by molar-refractivity contribution is 0.111. The summed E-state index contributed by atoms with van der Waals surface area (Å²) in [4.78, 5) is 0. The molecule has 0 aliphatic carbocycles. The van der Waals surface area contributed by atoms with Crippen LogP contribution in [0, 0.1) is 0 Å². The lowest BCUT2D eigenvalue weighted by Gasteiger charge is -2.04. The smallest absolute Gasteiger partial charge is 0.423 e. The molecule has 2 aromatic rings. The van der Waals surface area contributed by atoms with Gasteiger partial charge in [-0.25, -0.2) is 0 Å². The normalized spacial score (nSPS) is 10.6. The van der Waals surface area contributed by atoms with Crippen molar-refractivity contribution in [2.75, 3.05) is 6.61 Å². The molecule has 0 radical (unpaired) electrons. The van der Waals surface area contributed by atoms with E-state index in [2.05, 4.69) is 5.10 Å². The van der Waals surface area contributed by atoms with Gasteiger partial charge in [-0.05, 0) is 5.56 Å². The molecule has 0 saturated carbocycles. The number of benzene rings is 1. The first-order chi connectivity index (χ1) is 8.75. The first-order valence-corrected chi connectivity index (χ1v) is 5.76. The molecule has 0 aliphatic rings. The van der Waals surface area contributed by atoms with E-state index in [4.69, 9.17) is 14.8 Å². The SMILES string of the molecule is OB(O)c1cnn(CCOCc2ccccc2)c1. The zero-order valence-corrected chi connectivity index (χ0v) is 9.94. The van der Waals surface area contributed by atoms with Crippen LogP contribution in [0.25, 0.3) is 0 Å². The number of hydrogen-bond acceptors (Lipinski definition) is 4. The molecule has 0 bridgehead atoms. The van der Waals surface area contributed by atoms with Crippen molar-refractivity contribution in [1.29, 1.82) is 0 Å². The third-order valence-corrected chi connectivity index (χ3v) is 2.53. The monoisotopic (exact) mass is 246 g/mol. The van der Waals surface area contributed by atoms with Crippen LogP contribution in [0.3, 0.4) is 0 Å². The molecule has 0 unspecified atom stereocenters. The molecule has 1 aromatic carbocycles. The molecule has 2 rings (SSSR count). The molecule has 6 heteroatoms. The Bertz CT molecular complexity index is 473. The predicted molar refractivity (Wildman–Crippen MR) is 68.2 cm³/mol. The number of aromatic nitrogens is 2. The minimum atomic E-state index is -1.47. The molecule has 0 amide bonds. The molecule has 94 valence electrons. The maximum atomic E-state index is 8.93. The van der Waals surface area contributed by atoms with Gasteiger partial charge < -0.3 is 14.8 Å². The molecular formula is C12H15BN2O3. The Morgan fingerprint density at radius 1 is 1.22 bits per heavy atom. The Hall–Kier alpha value is -1.63. The zero-order valence-electron chi connectivity index (χ0n) is 9.94. The van der Waals surface area contributed by atoms with Gasteiger partial charge in [-0.1, -0.05) is 30.3 Å². The largest absolute Gasteiger partial charge is 0.491 e. The highest BCUT2D eigenvalue weighted by Crippen LogP contribution is 2.00. The van der Waals surface area contributed by atoms with Crippen LogP contribution in [0.1, 0.15) is 5.56 Å². The first-order valence-electron chi connectivity index (χ1n) is 5.76. The van der Waals surface area contributed by atoms with E-state index in [0.717, 1.165) is 5.56 Å². The maximum absolute atomic E-state index is 8.93. The van der Waals surface area contributed by atoms with E-state index in [1.54, 1.807) is 10.9 Å². The quantitative estimate of drug-likeness (QED) is 0.546. The Morgan fingerprint density at radius 2 is 2.00 bits per heavy atom. The minimum Gasteiger partial charge on any atom is -0.423 e. The van der Waals surface area contributed by atoms with Crippen LogP contribution in [0.15, 0.2) is 42.7 Å². The Balaban J connectivity index is 1.72. The standard InChI is InChI=1S/C12H15BN2O3/c16-13(17)12-8-14-15(9-12)6-7-18-10-11-4-2-1-3-5-11/h1-5,8-9,16-17H,6-7,10H2. The summed E-state index contributed by atoms with van der Waals surface area (Å²) in [6, 6.07) is 9.93. The highest BCUT2D eigenvalue weighted by atomic mass is 16.5. The van der Waals surface area contributed by atoms with Crippen molar-refractivity contribution in [2.24, 2.45) is 0 Å². The molecule has 0 atom stereocenters. The Labute approximate surface area is 106 Å². The fraction of sp³-hybridized carbons (Fsp3) is 0.250. The Kier molecular flexibility index (Phi) is 4.52. The van der Waals surface area contributed by atoms with Gasteiger partial charge in [0, 0.05) is 17.9 Å². The zero-order chi connectivity index (χ0) is 12.8. The fourth-order valence-electron chi connectivity index (χ4n) is 1.56. The molecule has 0 fully saturated rings. The van der Waals surface area contributed by atoms with Crippen LogP contribution in [0.5, 0.6) is 0 Å². The van der Waals surface area contributed by atoms with Crippen molar-refractivity contribution >= 4 is 12.6 Å². The third-order valence-electron chi connectivity index (χ3n) is 2.53. The van der Waals surface area contributed by atoms with Gasteiger partial charge in [0.1, 0.15) is 0 Å². The van der Waals surface area contributed by atoms with Crippen molar-refractivity contribution in [1.82, 2.24) is 9.78 Å². The molecule has 1 heterocycles. The summed E-state index contributed by atoms with van der Waals surface area (Å²) in [6.07, 6.45) is 3.03. The van der Waals surface area contributed by atoms with E-state index in [1.807, 2.05) is 30.3 Å². The van der Waals surface area contributed by atoms with Gasteiger partial charge in [-0.15, -0.1) is 0 Å². The molecule has 2 N–H and O–H groups in total. The van der Waals surface area contributed by atoms with Crippen LogP contribution in [0.4, 0.5) is 0 Å². The van der Waals surface area contributed by atoms with Crippen LogP contribution < -0.4 is 5.46 Å². The van der Waals surface area contributed by atoms with E-state index in [0.29, 0.717) is 25.2 Å². The van der Waals surface area contributed by atoms with Gasteiger partial charge >= 0.3 is 7.12 Å². The number of hydrogen-bond donors (Lipinski definition) is 2. The topological polar surface area (TPSA) is 67.5 Å². The number of ether oxygens (including phenoxy) is 1. The average Bonchev–Trinajstić information content (AvgIpc) is 2.85. The lowest BCUT2D eigenvalue weighted by atomic mass is 9.83. The van der Waals surface area contributed by atoms with Gasteiger partial charge in [-0.2, -0.15) is 5.10 Å². The van der Waals surface area contributed by atoms with Crippen LogP contribution >= 0.6 is 0 Å². The number of nitrogens with zero attached hydrogens (tertiary/aromatic N) is 2. The van der Waals surface area contributed by atoms with E-state index >= 15 is 0 Å². The van der Waals surface area contributed by atoms with Gasteiger partial charge in [-0.3, -0.25) is 4.68 Å². The second kappa shape index (κ2) is 6.35. The summed E-state index contributed by atoms with van der Waals surface area (Å²) in [7, 11) is -1.47. The van der Waals surface area contributed by atoms with Crippen molar-refractivity contribution in [3.8, 4) is 0 Å². The van der Waals surface area contributed by atoms with E-state index < -0.39 is 7.12 Å². The minimum absolute atomic E-state index is 0.387. The van der Waals surface area contributed by atoms with Crippen molar-refractivity contribution in [3.63, 3.8) is 0 Å². The maximum Gasteiger partial charge on any atom is 0.491 e. The Morgan fingerprint density at radius 3 is 2.67 bits per heavy atom. The molecule has 5 nitrogen and oxygen atoms in total. The molecule has 1 aromatic heterocycles. The molecular weight excluding hydrogens is 231 g/mol. The summed E-state index contributed by atoms with van der Waals surface area (Å²) in [5.41, 5.74) is 1.52. The van der Waals surface area contributed by atoms with Crippen LogP contribution in [-0.2, 0) is 17.9 Å². The summed E-state index contributed by atoms with van der Waals surface area (Å²) < 4.78 is 7.13. The predicted octanol–water partition coefficient (Wildman–Crippen LogP) is -0.220. The highest BCUT2D eigenvalue weighted by molar-refractivity contribution is 6.58. The van der Waals surface area contributed by atoms with Crippen molar-refractivity contribution < 1.29 is 14.8 Å². The first kappa shape index (κ1) is 12.8. The fourth-order valence-corrected chi connectivity index (χ4v) is 1.56. The summed E-state index contributed by atoms with van der Waals surface area (Å²) in [5, 5.41) is 21.9. The molecule has 0 aliphatic heterocycles. The van der Waals surface area contributed by atoms with Crippen molar-refractivity contribution in [2.45, 2.75) is 13.2 Å². The lowest BCUT2D eigenvalue weighted by Crippen LogP contribution is -2.28. The third kappa shape index (κ3) is 3.70. The summed E-state index contributed by atoms with van der Waals surface area (Å²) in [6.45, 7) is 1.68. The molecule has 18 heavy (non-hydrogen) atoms. The van der Waals surface area contributed by atoms with Crippen molar-refractivity contribution in [3.05, 3.63) is 48.3 Å². The molecule has 0 saturated heterocycles. The van der Waals surface area contributed by atoms with E-state index in [1.165, 1.54) is 6.20 Å². The van der Waals surface area contributed by atoms with Gasteiger partial charge in [0.05, 0.1) is 19.8 Å². The summed E-state index contributed by atoms with van der Waals surface area (Å²) >= 11 is 0. The van der Waals surface area contributed by atoms with Gasteiger partial charge in [0.25, 0.3) is 0 Å². The molecule has 0 spiro atoms. The number of rotatable bonds is 6. The second-order valence-electron chi connectivity index (χ2n) is 3.95. The van der Waals surface area contributed by atoms with E-state index in [-0.39, 0.29) is 0 Å². The van der Waals surface area contributed by atoms with Gasteiger partial charge in [0.2, 0.25) is 0 Å². The highest BCUT2D eigenvalue weighted by Gasteiger charge is 2.12. The summed E-state index contributed by atoms with van der Waals surface area (Å²) in [5.74, 6) is 0. The second-order valence-corrected chi connectivity index (χ2v) is 3.95. The van der Waals surface area contributed by atoms with Gasteiger partial charge in [0.15, 0.2) is 0 Å². The van der Waals surface area contributed by atoms with E-state index in [9.17, 15) is 0 Å². The average molecular weight is 246 g/mol.